The van der Waals surface area contributed by atoms with E-state index < -0.39 is 0 Å². The molecule has 1 aliphatic rings. The van der Waals surface area contributed by atoms with Crippen LogP contribution >= 0.6 is 11.6 Å². The van der Waals surface area contributed by atoms with Crippen LogP contribution in [0.3, 0.4) is 0 Å². The number of benzene rings is 1. The molecule has 0 spiro atoms. The highest BCUT2D eigenvalue weighted by Crippen LogP contribution is 2.48. The summed E-state index contributed by atoms with van der Waals surface area (Å²) < 4.78 is 0. The number of hydrogen-bond acceptors (Lipinski definition) is 1. The second-order valence-electron chi connectivity index (χ2n) is 6.23. The highest BCUT2D eigenvalue weighted by molar-refractivity contribution is 6.17. The Hall–Kier alpha value is -1.02. The second kappa shape index (κ2) is 5.54. The lowest BCUT2D eigenvalue weighted by molar-refractivity contribution is -0.124. The molecule has 19 heavy (non-hydrogen) atoms. The Morgan fingerprint density at radius 3 is 2.47 bits per heavy atom. The van der Waals surface area contributed by atoms with Gasteiger partial charge in [0.25, 0.3) is 0 Å². The Kier molecular flexibility index (Phi) is 4.19. The number of carbonyl (C=O) groups excluding carboxylic acids is 1. The molecule has 1 aromatic carbocycles. The van der Waals surface area contributed by atoms with Crippen LogP contribution < -0.4 is 5.32 Å². The van der Waals surface area contributed by atoms with Gasteiger partial charge in [-0.2, -0.15) is 0 Å². The standard InChI is InChI=1S/C16H22ClNO/c1-15(2,10-11-17)12-18-14(19)16(8-9-16)13-6-4-3-5-7-13/h3-7H,8-12H2,1-2H3,(H,18,19). The van der Waals surface area contributed by atoms with Crippen molar-refractivity contribution in [3.8, 4) is 0 Å². The molecule has 1 aromatic rings. The number of amides is 1. The quantitative estimate of drug-likeness (QED) is 0.794. The summed E-state index contributed by atoms with van der Waals surface area (Å²) in [4.78, 5) is 12.4. The van der Waals surface area contributed by atoms with E-state index in [0.717, 1.165) is 24.8 Å². The number of carbonyl (C=O) groups is 1. The van der Waals surface area contributed by atoms with Gasteiger partial charge in [0.05, 0.1) is 5.41 Å². The van der Waals surface area contributed by atoms with E-state index in [1.54, 1.807) is 0 Å². The minimum Gasteiger partial charge on any atom is -0.355 e. The molecule has 104 valence electrons. The first-order valence-corrected chi connectivity index (χ1v) is 7.43. The number of halogens is 1. The van der Waals surface area contributed by atoms with Crippen LogP contribution in [0.2, 0.25) is 0 Å². The lowest BCUT2D eigenvalue weighted by Crippen LogP contribution is -2.40. The van der Waals surface area contributed by atoms with Crippen LogP contribution in [-0.4, -0.2) is 18.3 Å². The van der Waals surface area contributed by atoms with Crippen molar-refractivity contribution in [1.82, 2.24) is 5.32 Å². The third-order valence-electron chi connectivity index (χ3n) is 4.01. The molecule has 1 saturated carbocycles. The Morgan fingerprint density at radius 1 is 1.32 bits per heavy atom. The summed E-state index contributed by atoms with van der Waals surface area (Å²) in [6.45, 7) is 4.96. The van der Waals surface area contributed by atoms with E-state index in [0.29, 0.717) is 12.4 Å². The molecular weight excluding hydrogens is 258 g/mol. The Balaban J connectivity index is 1.98. The van der Waals surface area contributed by atoms with Gasteiger partial charge in [-0.3, -0.25) is 4.79 Å². The summed E-state index contributed by atoms with van der Waals surface area (Å²) in [7, 11) is 0. The van der Waals surface area contributed by atoms with Crippen LogP contribution in [-0.2, 0) is 10.2 Å². The van der Waals surface area contributed by atoms with Crippen LogP contribution in [0.25, 0.3) is 0 Å². The lowest BCUT2D eigenvalue weighted by Gasteiger charge is -2.25. The first-order valence-electron chi connectivity index (χ1n) is 6.90. The molecule has 2 rings (SSSR count). The number of nitrogens with one attached hydrogen (secondary N) is 1. The molecule has 1 fully saturated rings. The summed E-state index contributed by atoms with van der Waals surface area (Å²) in [5.41, 5.74) is 0.935. The van der Waals surface area contributed by atoms with Crippen molar-refractivity contribution in [2.45, 2.75) is 38.5 Å². The van der Waals surface area contributed by atoms with E-state index in [1.165, 1.54) is 0 Å². The molecule has 2 nitrogen and oxygen atoms in total. The Bertz CT molecular complexity index is 437. The van der Waals surface area contributed by atoms with Gasteiger partial charge in [0.15, 0.2) is 0 Å². The van der Waals surface area contributed by atoms with Gasteiger partial charge in [-0.05, 0) is 30.2 Å². The third-order valence-corrected chi connectivity index (χ3v) is 4.20. The monoisotopic (exact) mass is 279 g/mol. The first-order chi connectivity index (χ1) is 9.00. The molecule has 1 aliphatic carbocycles. The van der Waals surface area contributed by atoms with Gasteiger partial charge in [0.1, 0.15) is 0 Å². The first kappa shape index (κ1) is 14.4. The normalized spacial score (nSPS) is 17.0. The van der Waals surface area contributed by atoms with Crippen molar-refractivity contribution in [3.63, 3.8) is 0 Å². The highest BCUT2D eigenvalue weighted by atomic mass is 35.5. The van der Waals surface area contributed by atoms with E-state index in [-0.39, 0.29) is 16.7 Å². The molecule has 1 N–H and O–H groups in total. The molecule has 0 unspecified atom stereocenters. The fraction of sp³-hybridized carbons (Fsp3) is 0.562. The Labute approximate surface area is 120 Å². The second-order valence-corrected chi connectivity index (χ2v) is 6.61. The van der Waals surface area contributed by atoms with E-state index in [1.807, 2.05) is 18.2 Å². The van der Waals surface area contributed by atoms with Crippen molar-refractivity contribution in [2.24, 2.45) is 5.41 Å². The Morgan fingerprint density at radius 2 is 1.95 bits per heavy atom. The van der Waals surface area contributed by atoms with Crippen LogP contribution in [0.5, 0.6) is 0 Å². The minimum atomic E-state index is -0.266. The van der Waals surface area contributed by atoms with Crippen LogP contribution in [0.4, 0.5) is 0 Å². The predicted octanol–water partition coefficient (Wildman–Crippen LogP) is 3.49. The van der Waals surface area contributed by atoms with E-state index in [4.69, 9.17) is 11.6 Å². The molecule has 0 bridgehead atoms. The fourth-order valence-electron chi connectivity index (χ4n) is 2.36. The van der Waals surface area contributed by atoms with Gasteiger partial charge < -0.3 is 5.32 Å². The van der Waals surface area contributed by atoms with Gasteiger partial charge in [-0.25, -0.2) is 0 Å². The van der Waals surface area contributed by atoms with Crippen molar-refractivity contribution in [2.75, 3.05) is 12.4 Å². The van der Waals surface area contributed by atoms with E-state index in [2.05, 4.69) is 31.3 Å². The zero-order valence-electron chi connectivity index (χ0n) is 11.7. The minimum absolute atomic E-state index is 0.0597. The van der Waals surface area contributed by atoms with Gasteiger partial charge in [0.2, 0.25) is 5.91 Å². The van der Waals surface area contributed by atoms with Gasteiger partial charge in [-0.15, -0.1) is 11.6 Å². The molecule has 0 saturated heterocycles. The molecule has 0 aromatic heterocycles. The molecule has 3 heteroatoms. The smallest absolute Gasteiger partial charge is 0.230 e. The summed E-state index contributed by atoms with van der Waals surface area (Å²) in [5.74, 6) is 0.800. The lowest BCUT2D eigenvalue weighted by atomic mass is 9.89. The van der Waals surface area contributed by atoms with Crippen molar-refractivity contribution in [3.05, 3.63) is 35.9 Å². The molecule has 0 aliphatic heterocycles. The number of rotatable bonds is 6. The fourth-order valence-corrected chi connectivity index (χ4v) is 2.87. The molecule has 0 atom stereocenters. The molecular formula is C16H22ClNO. The molecule has 0 heterocycles. The van der Waals surface area contributed by atoms with Gasteiger partial charge in [-0.1, -0.05) is 44.2 Å². The zero-order valence-corrected chi connectivity index (χ0v) is 12.5. The van der Waals surface area contributed by atoms with Crippen LogP contribution in [0.1, 0.15) is 38.7 Å². The largest absolute Gasteiger partial charge is 0.355 e. The maximum Gasteiger partial charge on any atom is 0.230 e. The number of alkyl halides is 1. The van der Waals surface area contributed by atoms with Crippen LogP contribution in [0, 0.1) is 5.41 Å². The van der Waals surface area contributed by atoms with Gasteiger partial charge >= 0.3 is 0 Å². The maximum absolute atomic E-state index is 12.4. The topological polar surface area (TPSA) is 29.1 Å². The average Bonchev–Trinajstić information content (AvgIpc) is 3.19. The molecule has 0 radical (unpaired) electrons. The average molecular weight is 280 g/mol. The van der Waals surface area contributed by atoms with E-state index >= 15 is 0 Å². The zero-order chi connectivity index (χ0) is 13.9. The number of hydrogen-bond donors (Lipinski definition) is 1. The molecule has 1 amide bonds. The maximum atomic E-state index is 12.4. The predicted molar refractivity (Wildman–Crippen MR) is 79.5 cm³/mol. The van der Waals surface area contributed by atoms with E-state index in [9.17, 15) is 4.79 Å². The SMILES string of the molecule is CC(C)(CCCl)CNC(=O)C1(c2ccccc2)CC1. The van der Waals surface area contributed by atoms with Crippen molar-refractivity contribution in [1.29, 1.82) is 0 Å². The van der Waals surface area contributed by atoms with Crippen molar-refractivity contribution < 1.29 is 4.79 Å². The summed E-state index contributed by atoms with van der Waals surface area (Å²) in [6, 6.07) is 10.1. The summed E-state index contributed by atoms with van der Waals surface area (Å²) in [6.07, 6.45) is 2.82. The van der Waals surface area contributed by atoms with Crippen molar-refractivity contribution >= 4 is 17.5 Å². The van der Waals surface area contributed by atoms with Crippen LogP contribution in [0.15, 0.2) is 30.3 Å². The van der Waals surface area contributed by atoms with Gasteiger partial charge in [0, 0.05) is 12.4 Å². The third kappa shape index (κ3) is 3.30. The summed E-state index contributed by atoms with van der Waals surface area (Å²) in [5, 5.41) is 3.11. The highest BCUT2D eigenvalue weighted by Gasteiger charge is 2.51. The summed E-state index contributed by atoms with van der Waals surface area (Å²) >= 11 is 5.79.